The highest BCUT2D eigenvalue weighted by atomic mass is 35.5. The fourth-order valence-corrected chi connectivity index (χ4v) is 14.7. The maximum Gasteiger partial charge on any atom is 0.276 e. The number of nitrogens with zero attached hydrogens (tertiary/aromatic N) is 13. The Morgan fingerprint density at radius 2 is 0.738 bits per heavy atom. The minimum Gasteiger partial charge on any atom is -0.495 e. The van der Waals surface area contributed by atoms with Crippen LogP contribution in [0.25, 0.3) is 57.0 Å². The van der Waals surface area contributed by atoms with Gasteiger partial charge in [0.05, 0.1) is 30.6 Å². The number of benzene rings is 7. The third kappa shape index (κ3) is 19.3. The zero-order valence-corrected chi connectivity index (χ0v) is 68.1. The number of carbonyl (C=O) groups excluding carboxylic acids is 6. The highest BCUT2D eigenvalue weighted by Gasteiger charge is 2.39. The van der Waals surface area contributed by atoms with Crippen LogP contribution in [0.3, 0.4) is 0 Å². The number of hydrogen-bond donors (Lipinski definition) is 1. The van der Waals surface area contributed by atoms with Crippen molar-refractivity contribution in [2.75, 3.05) is 79.4 Å². The summed E-state index contributed by atoms with van der Waals surface area (Å²) in [4.78, 5) is 95.5. The number of methoxy groups -OCH3 is 1. The number of nitrogens with one attached hydrogen (secondary N) is 1. The SMILES string of the molecule is COc1ccc(-c2cc(C(=O)N3CC(c4ccccc4)C3)no2)nc1.O=C(NC1CN(C(=O)c2cc(-c3ccccc3)on2)C1)c1ccccc1.O=C(c1cc(-c2ccc(Cl)cn2)on1)N1CC(c2ccccc2)C1.O=C(c1cc(-c2ccc(F)cn2)on1)N1CC(c2ccccc2)C1.O=C(c1cc(-c2ccc3c(c2)OCO3)on1)N1CC(c2cccc(F)c2)C1. The van der Waals surface area contributed by atoms with E-state index in [1.807, 2.05) is 115 Å². The molecule has 7 aromatic carbocycles. The normalized spacial score (nSPS) is 14.6. The third-order valence-electron chi connectivity index (χ3n) is 21.9. The van der Waals surface area contributed by atoms with Gasteiger partial charge in [-0.2, -0.15) is 0 Å². The predicted octanol–water partition coefficient (Wildman–Crippen LogP) is 15.8. The largest absolute Gasteiger partial charge is 0.495 e. The summed E-state index contributed by atoms with van der Waals surface area (Å²) in [6.45, 7) is 6.32. The lowest BCUT2D eigenvalue weighted by Gasteiger charge is -2.39. The molecule has 15 aromatic rings. The second kappa shape index (κ2) is 37.8. The van der Waals surface area contributed by atoms with Gasteiger partial charge >= 0.3 is 0 Å². The second-order valence-electron chi connectivity index (χ2n) is 30.3. The Kier molecular flexibility index (Phi) is 24.8. The molecule has 5 saturated heterocycles. The van der Waals surface area contributed by atoms with E-state index in [1.165, 1.54) is 47.2 Å². The number of fused-ring (bicyclic) bond motifs is 1. The van der Waals surface area contributed by atoms with Crippen molar-refractivity contribution in [3.05, 3.63) is 352 Å². The van der Waals surface area contributed by atoms with Gasteiger partial charge in [-0.05, 0) is 101 Å². The quantitative estimate of drug-likeness (QED) is 0.0885. The monoisotopic (exact) mass is 1710 g/mol. The average molecular weight is 1710 g/mol. The molecule has 31 heteroatoms. The van der Waals surface area contributed by atoms with Crippen LogP contribution in [0.1, 0.15) is 109 Å². The fraction of sp³-hybridized carbons (Fsp3) is 0.179. The molecule has 28 nitrogen and oxygen atoms in total. The van der Waals surface area contributed by atoms with E-state index in [0.29, 0.717) is 168 Å². The molecule has 14 heterocycles. The first-order valence-corrected chi connectivity index (χ1v) is 40.7. The van der Waals surface area contributed by atoms with Crippen LogP contribution in [0.15, 0.2) is 302 Å². The second-order valence-corrected chi connectivity index (χ2v) is 30.7. The molecule has 21 rings (SSSR count). The van der Waals surface area contributed by atoms with E-state index in [0.717, 1.165) is 22.9 Å². The van der Waals surface area contributed by atoms with Crippen LogP contribution in [0.2, 0.25) is 5.02 Å². The highest BCUT2D eigenvalue weighted by Crippen LogP contribution is 2.39. The van der Waals surface area contributed by atoms with Crippen molar-refractivity contribution in [3.8, 4) is 74.3 Å². The van der Waals surface area contributed by atoms with Crippen LogP contribution in [-0.2, 0) is 0 Å². The van der Waals surface area contributed by atoms with Gasteiger partial charge in [-0.3, -0.25) is 33.8 Å². The molecule has 0 spiro atoms. The van der Waals surface area contributed by atoms with Gasteiger partial charge in [0.25, 0.3) is 35.4 Å². The van der Waals surface area contributed by atoms with Crippen LogP contribution in [-0.4, -0.2) is 186 Å². The summed E-state index contributed by atoms with van der Waals surface area (Å²) in [7, 11) is 1.58. The Balaban J connectivity index is 0.000000111. The number of amides is 6. The average Bonchev–Trinajstić information content (AvgIpc) is 1.55. The minimum absolute atomic E-state index is 0.0489. The number of pyridine rings is 3. The number of aromatic nitrogens is 8. The molecule has 8 aromatic heterocycles. The summed E-state index contributed by atoms with van der Waals surface area (Å²) in [5, 5.41) is 22.8. The van der Waals surface area contributed by atoms with Crippen molar-refractivity contribution in [2.45, 2.75) is 29.7 Å². The van der Waals surface area contributed by atoms with Crippen molar-refractivity contribution in [2.24, 2.45) is 0 Å². The first kappa shape index (κ1) is 82.7. The number of carbonyl (C=O) groups is 6. The topological polar surface area (TPSA) is 327 Å². The van der Waals surface area contributed by atoms with Crippen molar-refractivity contribution in [1.82, 2.24) is 70.6 Å². The molecule has 0 unspecified atom stereocenters. The molecule has 0 aliphatic carbocycles. The van der Waals surface area contributed by atoms with E-state index in [1.54, 1.807) is 123 Å². The number of rotatable bonds is 17. The summed E-state index contributed by atoms with van der Waals surface area (Å²) in [5.74, 6) is 3.95. The molecule has 1 N–H and O–H groups in total. The predicted molar refractivity (Wildman–Crippen MR) is 455 cm³/mol. The standard InChI is InChI=1S/C20H15FN2O4.C20H17N3O3.C19H17N3O3.C18H14ClN3O2.C18H14FN3O2/c21-15-3-1-2-12(6-15)14-9-23(10-14)20(24)16-8-18(27-22-16)13-4-5-17-19(7-13)26-11-25-17;24-19(15-9-5-2-6-10-15)21-16-12-23(13-16)20(25)17-11-18(26-22-17)14-7-3-1-4-8-14;1-24-15-7-8-16(20-10-15)18-9-17(21-25-18)19(23)22-11-14(12-22)13-5-3-2-4-6-13;2*19-14-6-7-15(20-9-14)17-8-16(21-24-17)18(23)22-10-13(11-22)12-4-2-1-3-5-12/h1-8,14H,9-11H2;1-11,16H,12-13H2,(H,21,24);2-10,14H,11-12H2,1H3;2*1-9,13H,10-11H2. The van der Waals surface area contributed by atoms with E-state index in [2.05, 4.69) is 82.5 Å². The van der Waals surface area contributed by atoms with Gasteiger partial charge in [0.2, 0.25) is 6.79 Å². The number of halogens is 3. The first-order chi connectivity index (χ1) is 61.5. The summed E-state index contributed by atoms with van der Waals surface area (Å²) in [5.41, 5.74) is 9.90. The smallest absolute Gasteiger partial charge is 0.276 e. The Hall–Kier alpha value is -15.6. The van der Waals surface area contributed by atoms with Crippen LogP contribution < -0.4 is 19.5 Å². The van der Waals surface area contributed by atoms with Gasteiger partial charge in [-0.15, -0.1) is 0 Å². The first-order valence-electron chi connectivity index (χ1n) is 40.3. The summed E-state index contributed by atoms with van der Waals surface area (Å²) in [6, 6.07) is 78.7. The van der Waals surface area contributed by atoms with Crippen LogP contribution in [0.5, 0.6) is 17.2 Å². The van der Waals surface area contributed by atoms with E-state index in [-0.39, 0.29) is 77.1 Å². The Morgan fingerprint density at radius 1 is 0.357 bits per heavy atom. The molecule has 0 saturated carbocycles. The number of ether oxygens (including phenoxy) is 3. The molecule has 0 radical (unpaired) electrons. The molecule has 6 amide bonds. The molecule has 6 aliphatic heterocycles. The van der Waals surface area contributed by atoms with E-state index in [9.17, 15) is 37.5 Å². The van der Waals surface area contributed by atoms with Crippen LogP contribution >= 0.6 is 11.6 Å². The minimum atomic E-state index is -0.429. The van der Waals surface area contributed by atoms with E-state index < -0.39 is 5.82 Å². The van der Waals surface area contributed by atoms with Crippen molar-refractivity contribution < 1.29 is 74.4 Å². The van der Waals surface area contributed by atoms with Crippen molar-refractivity contribution >= 4 is 47.0 Å². The Bertz CT molecular complexity index is 6150. The third-order valence-corrected chi connectivity index (χ3v) is 22.1. The van der Waals surface area contributed by atoms with Crippen LogP contribution in [0, 0.1) is 11.6 Å². The Labute approximate surface area is 723 Å². The van der Waals surface area contributed by atoms with Gasteiger partial charge in [-0.25, -0.2) is 18.7 Å². The maximum absolute atomic E-state index is 13.3. The summed E-state index contributed by atoms with van der Waals surface area (Å²) >= 11 is 5.82. The van der Waals surface area contributed by atoms with Crippen molar-refractivity contribution in [1.29, 1.82) is 0 Å². The number of likely N-dealkylation sites (tertiary alicyclic amines) is 5. The van der Waals surface area contributed by atoms with Gasteiger partial charge in [0.15, 0.2) is 68.8 Å². The molecular weight excluding hydrogens is 1630 g/mol. The molecule has 0 atom stereocenters. The van der Waals surface area contributed by atoms with Crippen LogP contribution in [0.4, 0.5) is 8.78 Å². The molecule has 6 aliphatic rings. The fourth-order valence-electron chi connectivity index (χ4n) is 14.6. The lowest BCUT2D eigenvalue weighted by molar-refractivity contribution is 0.0532. The lowest BCUT2D eigenvalue weighted by atomic mass is 9.91. The van der Waals surface area contributed by atoms with E-state index in [4.69, 9.17) is 48.4 Å². The molecule has 5 fully saturated rings. The van der Waals surface area contributed by atoms with E-state index >= 15 is 0 Å². The molecule has 0 bridgehead atoms. The van der Waals surface area contributed by atoms with Gasteiger partial charge < -0.3 is 66.6 Å². The molecule has 632 valence electrons. The van der Waals surface area contributed by atoms with Gasteiger partial charge in [0, 0.05) is 142 Å². The van der Waals surface area contributed by atoms with Gasteiger partial charge in [0.1, 0.15) is 34.5 Å². The Morgan fingerprint density at radius 3 is 1.16 bits per heavy atom. The maximum atomic E-state index is 13.3. The summed E-state index contributed by atoms with van der Waals surface area (Å²) in [6.07, 6.45) is 4.22. The van der Waals surface area contributed by atoms with Crippen molar-refractivity contribution in [3.63, 3.8) is 0 Å². The molecular formula is C95H77ClF2N14O14. The highest BCUT2D eigenvalue weighted by molar-refractivity contribution is 6.30. The lowest BCUT2D eigenvalue weighted by Crippen LogP contribution is -2.61. The molecule has 126 heavy (non-hydrogen) atoms. The van der Waals surface area contributed by atoms with Gasteiger partial charge in [-0.1, -0.05) is 189 Å². The number of hydrogen-bond acceptors (Lipinski definition) is 22. The summed E-state index contributed by atoms with van der Waals surface area (Å²) < 4.78 is 68.2. The zero-order valence-electron chi connectivity index (χ0n) is 67.4. The zero-order chi connectivity index (χ0) is 86.6.